The van der Waals surface area contributed by atoms with Crippen molar-refractivity contribution in [2.45, 2.75) is 58.8 Å². The fourth-order valence-corrected chi connectivity index (χ4v) is 4.42. The van der Waals surface area contributed by atoms with Crippen molar-refractivity contribution in [3.63, 3.8) is 0 Å². The summed E-state index contributed by atoms with van der Waals surface area (Å²) < 4.78 is 45.7. The molecule has 0 fully saturated rings. The minimum Gasteiger partial charge on any atom is -0.463 e. The van der Waals surface area contributed by atoms with Crippen molar-refractivity contribution >= 4 is 5.97 Å². The van der Waals surface area contributed by atoms with E-state index >= 15 is 0 Å². The minimum absolute atomic E-state index is 0.255. The number of alkyl halides is 3. The largest absolute Gasteiger partial charge is 0.463 e. The standard InChI is InChI=1S/C27H29F3N4O2/c1-3-34-24(32-33-25(34)17-31-23-7-5-6-22(23)26(35)36-4-2)16-18-8-10-19(11-9-18)20-12-14-21(15-13-20)27(28,29)30/h8-15,31H,3-7,16-17H2,1-2H3. The first-order valence-corrected chi connectivity index (χ1v) is 12.1. The second-order valence-electron chi connectivity index (χ2n) is 8.61. The predicted molar refractivity (Wildman–Crippen MR) is 130 cm³/mol. The molecule has 0 bridgehead atoms. The zero-order valence-corrected chi connectivity index (χ0v) is 20.4. The molecule has 3 aromatic rings. The molecule has 4 rings (SSSR count). The van der Waals surface area contributed by atoms with E-state index in [1.807, 2.05) is 31.2 Å². The molecular formula is C27H29F3N4O2. The van der Waals surface area contributed by atoms with Gasteiger partial charge in [-0.15, -0.1) is 10.2 Å². The molecule has 1 aromatic heterocycles. The van der Waals surface area contributed by atoms with Gasteiger partial charge in [0.05, 0.1) is 24.3 Å². The molecule has 1 aliphatic rings. The number of esters is 1. The van der Waals surface area contributed by atoms with Crippen LogP contribution in [-0.4, -0.2) is 27.3 Å². The topological polar surface area (TPSA) is 69.0 Å². The van der Waals surface area contributed by atoms with Crippen LogP contribution in [0.5, 0.6) is 0 Å². The minimum atomic E-state index is -4.34. The zero-order valence-electron chi connectivity index (χ0n) is 20.4. The summed E-state index contributed by atoms with van der Waals surface area (Å²) in [5.74, 6) is 1.36. The van der Waals surface area contributed by atoms with Gasteiger partial charge in [0.25, 0.3) is 0 Å². The van der Waals surface area contributed by atoms with Gasteiger partial charge in [-0.1, -0.05) is 36.4 Å². The lowest BCUT2D eigenvalue weighted by molar-refractivity contribution is -0.139. The molecular weight excluding hydrogens is 469 g/mol. The molecule has 190 valence electrons. The number of ether oxygens (including phenoxy) is 1. The summed E-state index contributed by atoms with van der Waals surface area (Å²) in [5, 5.41) is 12.1. The molecule has 2 aromatic carbocycles. The number of allylic oxidation sites excluding steroid dienone is 1. The first kappa shape index (κ1) is 25.5. The Morgan fingerprint density at radius 3 is 2.22 bits per heavy atom. The van der Waals surface area contributed by atoms with Crippen LogP contribution in [0, 0.1) is 0 Å². The highest BCUT2D eigenvalue weighted by atomic mass is 19.4. The van der Waals surface area contributed by atoms with Crippen molar-refractivity contribution in [3.8, 4) is 11.1 Å². The average Bonchev–Trinajstić information content (AvgIpc) is 3.49. The second-order valence-corrected chi connectivity index (χ2v) is 8.61. The van der Waals surface area contributed by atoms with Crippen LogP contribution < -0.4 is 5.32 Å². The summed E-state index contributed by atoms with van der Waals surface area (Å²) in [6.07, 6.45) is -1.32. The quantitative estimate of drug-likeness (QED) is 0.385. The Balaban J connectivity index is 1.43. The summed E-state index contributed by atoms with van der Waals surface area (Å²) in [6.45, 7) is 5.35. The van der Waals surface area contributed by atoms with Gasteiger partial charge in [0, 0.05) is 18.7 Å². The van der Waals surface area contributed by atoms with Gasteiger partial charge < -0.3 is 14.6 Å². The fourth-order valence-electron chi connectivity index (χ4n) is 4.42. The Morgan fingerprint density at radius 2 is 1.61 bits per heavy atom. The maximum Gasteiger partial charge on any atom is 0.416 e. The van der Waals surface area contributed by atoms with Gasteiger partial charge in [-0.3, -0.25) is 0 Å². The normalized spacial score (nSPS) is 13.8. The third-order valence-corrected chi connectivity index (χ3v) is 6.28. The highest BCUT2D eigenvalue weighted by molar-refractivity contribution is 5.89. The van der Waals surface area contributed by atoms with Gasteiger partial charge in [-0.05, 0) is 61.9 Å². The van der Waals surface area contributed by atoms with E-state index in [4.69, 9.17) is 4.74 Å². The van der Waals surface area contributed by atoms with Crippen molar-refractivity contribution in [2.24, 2.45) is 0 Å². The van der Waals surface area contributed by atoms with Crippen LogP contribution >= 0.6 is 0 Å². The molecule has 0 saturated heterocycles. The maximum atomic E-state index is 12.8. The molecule has 1 N–H and O–H groups in total. The number of halogens is 3. The van der Waals surface area contributed by atoms with Gasteiger partial charge in [-0.2, -0.15) is 13.2 Å². The number of aromatic nitrogens is 3. The highest BCUT2D eigenvalue weighted by Crippen LogP contribution is 2.31. The summed E-state index contributed by atoms with van der Waals surface area (Å²) >= 11 is 0. The van der Waals surface area contributed by atoms with E-state index in [1.165, 1.54) is 12.1 Å². The molecule has 6 nitrogen and oxygen atoms in total. The maximum absolute atomic E-state index is 12.8. The second kappa shape index (κ2) is 11.0. The van der Waals surface area contributed by atoms with Gasteiger partial charge in [0.1, 0.15) is 5.82 Å². The number of nitrogens with zero attached hydrogens (tertiary/aromatic N) is 3. The summed E-state index contributed by atoms with van der Waals surface area (Å²) in [4.78, 5) is 12.2. The number of hydrogen-bond donors (Lipinski definition) is 1. The van der Waals surface area contributed by atoms with Crippen LogP contribution in [0.3, 0.4) is 0 Å². The third kappa shape index (κ3) is 5.78. The Morgan fingerprint density at radius 1 is 0.972 bits per heavy atom. The monoisotopic (exact) mass is 498 g/mol. The number of benzene rings is 2. The van der Waals surface area contributed by atoms with Gasteiger partial charge in [0.2, 0.25) is 0 Å². The Bertz CT molecular complexity index is 1230. The van der Waals surface area contributed by atoms with Crippen LogP contribution in [0.15, 0.2) is 59.8 Å². The van der Waals surface area contributed by atoms with Crippen molar-refractivity contribution in [1.29, 1.82) is 0 Å². The SMILES string of the molecule is CCOC(=O)C1=C(NCc2nnc(Cc3ccc(-c4ccc(C(F)(F)F)cc4)cc3)n2CC)CCC1. The van der Waals surface area contributed by atoms with E-state index in [9.17, 15) is 18.0 Å². The van der Waals surface area contributed by atoms with E-state index in [1.54, 1.807) is 6.92 Å². The predicted octanol–water partition coefficient (Wildman–Crippen LogP) is 5.67. The Hall–Kier alpha value is -3.62. The number of rotatable bonds is 9. The lowest BCUT2D eigenvalue weighted by Gasteiger charge is -2.12. The van der Waals surface area contributed by atoms with Crippen LogP contribution in [0.2, 0.25) is 0 Å². The first-order chi connectivity index (χ1) is 17.3. The van der Waals surface area contributed by atoms with Gasteiger partial charge >= 0.3 is 12.1 Å². The van der Waals surface area contributed by atoms with Crippen molar-refractivity contribution < 1.29 is 22.7 Å². The van der Waals surface area contributed by atoms with Crippen LogP contribution in [0.1, 0.15) is 55.9 Å². The van der Waals surface area contributed by atoms with Crippen LogP contribution in [0.4, 0.5) is 13.2 Å². The van der Waals surface area contributed by atoms with Crippen molar-refractivity contribution in [3.05, 3.63) is 82.6 Å². The molecule has 9 heteroatoms. The van der Waals surface area contributed by atoms with E-state index < -0.39 is 11.7 Å². The number of carbonyl (C=O) groups is 1. The summed E-state index contributed by atoms with van der Waals surface area (Å²) in [5.41, 5.74) is 3.57. The first-order valence-electron chi connectivity index (χ1n) is 12.1. The summed E-state index contributed by atoms with van der Waals surface area (Å²) in [7, 11) is 0. The van der Waals surface area contributed by atoms with Crippen molar-refractivity contribution in [2.75, 3.05) is 6.61 Å². The van der Waals surface area contributed by atoms with E-state index in [2.05, 4.69) is 20.1 Å². The van der Waals surface area contributed by atoms with Gasteiger partial charge in [0.15, 0.2) is 5.82 Å². The molecule has 0 amide bonds. The Labute approximate surface area is 208 Å². The molecule has 0 atom stereocenters. The molecule has 0 saturated carbocycles. The Kier molecular flexibility index (Phi) is 7.76. The van der Waals surface area contributed by atoms with E-state index in [0.717, 1.165) is 65.4 Å². The van der Waals surface area contributed by atoms with E-state index in [-0.39, 0.29) is 5.97 Å². The van der Waals surface area contributed by atoms with E-state index in [0.29, 0.717) is 31.7 Å². The van der Waals surface area contributed by atoms with Crippen LogP contribution in [0.25, 0.3) is 11.1 Å². The average molecular weight is 499 g/mol. The molecule has 1 aliphatic carbocycles. The number of hydrogen-bond acceptors (Lipinski definition) is 5. The molecule has 1 heterocycles. The van der Waals surface area contributed by atoms with Crippen LogP contribution in [-0.2, 0) is 35.2 Å². The van der Waals surface area contributed by atoms with Gasteiger partial charge in [-0.25, -0.2) is 4.79 Å². The summed E-state index contributed by atoms with van der Waals surface area (Å²) in [6, 6.07) is 12.9. The smallest absolute Gasteiger partial charge is 0.416 e. The lowest BCUT2D eigenvalue weighted by atomic mass is 10.0. The highest BCUT2D eigenvalue weighted by Gasteiger charge is 2.30. The molecule has 0 spiro atoms. The lowest BCUT2D eigenvalue weighted by Crippen LogP contribution is -2.19. The van der Waals surface area contributed by atoms with Crippen molar-refractivity contribution in [1.82, 2.24) is 20.1 Å². The molecule has 0 radical (unpaired) electrons. The fraction of sp³-hybridized carbons (Fsp3) is 0.370. The number of nitrogens with one attached hydrogen (secondary N) is 1. The molecule has 0 unspecified atom stereocenters. The third-order valence-electron chi connectivity index (χ3n) is 6.28. The molecule has 36 heavy (non-hydrogen) atoms. The number of carbonyl (C=O) groups excluding carboxylic acids is 1. The molecule has 0 aliphatic heterocycles. The zero-order chi connectivity index (χ0) is 25.7.